The van der Waals surface area contributed by atoms with Gasteiger partial charge in [-0.1, -0.05) is 18.2 Å². The Morgan fingerprint density at radius 1 is 1.15 bits per heavy atom. The van der Waals surface area contributed by atoms with Crippen molar-refractivity contribution in [3.05, 3.63) is 111 Å². The summed E-state index contributed by atoms with van der Waals surface area (Å²) in [5.74, 6) is -0.235. The Bertz CT molecular complexity index is 1680. The van der Waals surface area contributed by atoms with Crippen LogP contribution in [0.2, 0.25) is 0 Å². The minimum absolute atomic E-state index is 0.0341. The van der Waals surface area contributed by atoms with Gasteiger partial charge in [-0.25, -0.2) is 0 Å². The largest absolute Gasteiger partial charge is 0.439 e. The van der Waals surface area contributed by atoms with E-state index in [2.05, 4.69) is 19.9 Å². The van der Waals surface area contributed by atoms with Crippen molar-refractivity contribution in [2.24, 2.45) is 5.92 Å². The first-order chi connectivity index (χ1) is 18.6. The molecule has 9 nitrogen and oxygen atoms in total. The molecule has 0 radical (unpaired) electrons. The molecule has 3 aliphatic rings. The zero-order chi connectivity index (χ0) is 28.1. The number of hydrogen-bond donors (Lipinski definition) is 0. The van der Waals surface area contributed by atoms with Gasteiger partial charge in [0, 0.05) is 53.6 Å². The highest BCUT2D eigenvalue weighted by Gasteiger charge is 2.47. The molecule has 2 aromatic rings. The Labute approximate surface area is 225 Å². The van der Waals surface area contributed by atoms with Crippen LogP contribution in [0.1, 0.15) is 25.0 Å². The molecular weight excluding hydrogens is 494 g/mol. The fourth-order valence-electron chi connectivity index (χ4n) is 5.29. The minimum atomic E-state index is -0.828. The predicted octanol–water partition coefficient (Wildman–Crippen LogP) is 4.87. The van der Waals surface area contributed by atoms with Crippen LogP contribution < -0.4 is 0 Å². The second kappa shape index (κ2) is 9.23. The lowest BCUT2D eigenvalue weighted by Crippen LogP contribution is -2.36. The summed E-state index contributed by atoms with van der Waals surface area (Å²) in [7, 11) is 3.68. The van der Waals surface area contributed by atoms with E-state index in [1.807, 2.05) is 42.0 Å². The summed E-state index contributed by atoms with van der Waals surface area (Å²) in [4.78, 5) is 25.6. The number of ketones is 1. The van der Waals surface area contributed by atoms with E-state index in [0.717, 1.165) is 17.0 Å². The molecule has 1 unspecified atom stereocenters. The van der Waals surface area contributed by atoms with Gasteiger partial charge in [0.1, 0.15) is 24.8 Å². The number of benzene rings is 2. The number of nitro benzene ring substituents is 1. The van der Waals surface area contributed by atoms with Crippen LogP contribution in [0.3, 0.4) is 0 Å². The number of non-ortho nitro benzene ring substituents is 1. The van der Waals surface area contributed by atoms with Crippen LogP contribution in [0.5, 0.6) is 0 Å². The Hall–Kier alpha value is -5.28. The molecule has 1 saturated carbocycles. The van der Waals surface area contributed by atoms with Gasteiger partial charge in [0.25, 0.3) is 5.69 Å². The van der Waals surface area contributed by atoms with Crippen molar-refractivity contribution >= 4 is 28.6 Å². The summed E-state index contributed by atoms with van der Waals surface area (Å²) in [5, 5.41) is 30.4. The van der Waals surface area contributed by atoms with E-state index < -0.39 is 10.8 Å². The van der Waals surface area contributed by atoms with E-state index in [9.17, 15) is 25.4 Å². The number of nitro groups is 1. The van der Waals surface area contributed by atoms with E-state index in [4.69, 9.17) is 4.74 Å². The minimum Gasteiger partial charge on any atom is -0.439 e. The van der Waals surface area contributed by atoms with Crippen molar-refractivity contribution < 1.29 is 19.0 Å². The lowest BCUT2D eigenvalue weighted by atomic mass is 9.69. The normalized spacial score (nSPS) is 21.2. The Kier molecular flexibility index (Phi) is 6.01. The average molecular weight is 519 g/mol. The number of nitriles is 2. The van der Waals surface area contributed by atoms with Gasteiger partial charge < -0.3 is 9.64 Å². The van der Waals surface area contributed by atoms with Gasteiger partial charge in [0.05, 0.1) is 22.5 Å². The molecule has 0 bridgehead atoms. The van der Waals surface area contributed by atoms with Crippen molar-refractivity contribution in [2.75, 3.05) is 14.1 Å². The van der Waals surface area contributed by atoms with Gasteiger partial charge in [-0.05, 0) is 32.1 Å². The predicted molar refractivity (Wildman–Crippen MR) is 143 cm³/mol. The lowest BCUT2D eigenvalue weighted by molar-refractivity contribution is -0.401. The number of nitrogens with zero attached hydrogens (tertiary/aromatic N) is 5. The summed E-state index contributed by atoms with van der Waals surface area (Å²) >= 11 is 0. The third-order valence-corrected chi connectivity index (χ3v) is 7.41. The molecule has 0 N–H and O–H groups in total. The summed E-state index contributed by atoms with van der Waals surface area (Å²) in [6.45, 7) is 4.16. The van der Waals surface area contributed by atoms with Crippen molar-refractivity contribution in [3.8, 4) is 12.1 Å². The van der Waals surface area contributed by atoms with Crippen molar-refractivity contribution in [3.63, 3.8) is 0 Å². The molecule has 0 aromatic heterocycles. The average Bonchev–Trinajstić information content (AvgIpc) is 3.39. The highest BCUT2D eigenvalue weighted by atomic mass is 16.6. The van der Waals surface area contributed by atoms with Gasteiger partial charge in [0.2, 0.25) is 5.69 Å². The van der Waals surface area contributed by atoms with Crippen LogP contribution in [0.25, 0.3) is 5.76 Å². The maximum atomic E-state index is 13.5. The van der Waals surface area contributed by atoms with Gasteiger partial charge in [0.15, 0.2) is 23.1 Å². The van der Waals surface area contributed by atoms with Crippen molar-refractivity contribution in [1.29, 1.82) is 10.5 Å². The molecular formula is C30H24N5O4+. The number of carbonyl (C=O) groups is 1. The lowest BCUT2D eigenvalue weighted by Gasteiger charge is -2.30. The smallest absolute Gasteiger partial charge is 0.269 e. The fourth-order valence-corrected chi connectivity index (χ4v) is 5.29. The third-order valence-electron chi connectivity index (χ3n) is 7.41. The van der Waals surface area contributed by atoms with Crippen molar-refractivity contribution in [1.82, 2.24) is 4.90 Å². The quantitative estimate of drug-likeness (QED) is 0.186. The molecule has 0 saturated heterocycles. The number of para-hydroxylation sites is 1. The molecule has 2 heterocycles. The second-order valence-corrected chi connectivity index (χ2v) is 10.0. The maximum absolute atomic E-state index is 13.5. The highest BCUT2D eigenvalue weighted by Crippen LogP contribution is 2.44. The topological polar surface area (TPSA) is 123 Å². The SMILES string of the molecule is CN1C=C(c2ccc([N+](=O)[O-])cc2)O/C1=C\C1C(=O)/C(=C\C2=[N+](C)c3ccccc3C2(C)C)C1=C(C#N)C#N. The van der Waals surface area contributed by atoms with E-state index in [0.29, 0.717) is 28.4 Å². The van der Waals surface area contributed by atoms with Crippen LogP contribution in [0.15, 0.2) is 89.5 Å². The van der Waals surface area contributed by atoms with Crippen molar-refractivity contribution in [2.45, 2.75) is 19.3 Å². The number of rotatable bonds is 4. The van der Waals surface area contributed by atoms with Gasteiger partial charge in [-0.3, -0.25) is 14.9 Å². The zero-order valence-electron chi connectivity index (χ0n) is 21.8. The van der Waals surface area contributed by atoms with Crippen LogP contribution >= 0.6 is 0 Å². The van der Waals surface area contributed by atoms with Gasteiger partial charge in [-0.2, -0.15) is 15.1 Å². The molecule has 0 amide bonds. The molecule has 1 aliphatic carbocycles. The fraction of sp³-hybridized carbons (Fsp3) is 0.200. The Morgan fingerprint density at radius 3 is 2.44 bits per heavy atom. The number of fused-ring (bicyclic) bond motifs is 1. The molecule has 39 heavy (non-hydrogen) atoms. The van der Waals surface area contributed by atoms with Crippen LogP contribution in [0, 0.1) is 38.7 Å². The molecule has 1 atom stereocenters. The summed E-state index contributed by atoms with van der Waals surface area (Å²) in [6, 6.07) is 17.9. The van der Waals surface area contributed by atoms with Crippen LogP contribution in [-0.2, 0) is 14.9 Å². The Morgan fingerprint density at radius 2 is 1.82 bits per heavy atom. The third kappa shape index (κ3) is 4.01. The van der Waals surface area contributed by atoms with E-state index in [1.165, 1.54) is 12.1 Å². The number of allylic oxidation sites excluding steroid dienone is 5. The van der Waals surface area contributed by atoms with Gasteiger partial charge >= 0.3 is 0 Å². The monoisotopic (exact) mass is 518 g/mol. The summed E-state index contributed by atoms with van der Waals surface area (Å²) in [5.41, 5.74) is 3.85. The van der Waals surface area contributed by atoms with E-state index >= 15 is 0 Å². The molecule has 1 fully saturated rings. The molecule has 2 aliphatic heterocycles. The standard InChI is InChI=1S/C30H24N5O4/c1-30(2)23-7-5-6-8-24(23)34(4)26(30)13-21-28(19(15-31)16-32)22(29(21)36)14-27-33(3)17-25(39-27)18-9-11-20(12-10-18)35(37)38/h5-14,17,22H,1-4H3/q+1/b21-13-,27-14-. The van der Waals surface area contributed by atoms with Gasteiger partial charge in [-0.15, -0.1) is 0 Å². The molecule has 2 aromatic carbocycles. The number of Topliss-reactive ketones (excluding diaryl/α,β-unsaturated/α-hetero) is 1. The second-order valence-electron chi connectivity index (χ2n) is 10.0. The van der Waals surface area contributed by atoms with Crippen LogP contribution in [0.4, 0.5) is 11.4 Å². The molecule has 5 rings (SSSR count). The first kappa shape index (κ1) is 25.4. The summed E-state index contributed by atoms with van der Waals surface area (Å²) < 4.78 is 8.01. The molecule has 0 spiro atoms. The van der Waals surface area contributed by atoms with Crippen LogP contribution in [-0.4, -0.2) is 40.0 Å². The first-order valence-corrected chi connectivity index (χ1v) is 12.2. The number of carbonyl (C=O) groups excluding carboxylic acids is 1. The first-order valence-electron chi connectivity index (χ1n) is 12.2. The number of hydrogen-bond acceptors (Lipinski definition) is 7. The van der Waals surface area contributed by atoms with E-state index in [-0.39, 0.29) is 22.5 Å². The van der Waals surface area contributed by atoms with E-state index in [1.54, 1.807) is 42.4 Å². The molecule has 192 valence electrons. The highest BCUT2D eigenvalue weighted by molar-refractivity contribution is 6.19. The summed E-state index contributed by atoms with van der Waals surface area (Å²) in [6.07, 6.45) is 5.09. The Balaban J connectivity index is 1.48. The molecule has 9 heteroatoms. The number of ether oxygens (including phenoxy) is 1. The zero-order valence-corrected chi connectivity index (χ0v) is 21.8. The maximum Gasteiger partial charge on any atom is 0.269 e.